The van der Waals surface area contributed by atoms with Crippen LogP contribution in [0.2, 0.25) is 0 Å². The van der Waals surface area contributed by atoms with Crippen molar-refractivity contribution in [3.63, 3.8) is 0 Å². The molecule has 3 aromatic carbocycles. The molecule has 0 saturated heterocycles. The molecule has 8 atom stereocenters. The molecule has 17 nitrogen and oxygen atoms in total. The number of fused-ring (bicyclic) bond motifs is 3. The van der Waals surface area contributed by atoms with E-state index in [4.69, 9.17) is 0 Å². The molecule has 0 saturated carbocycles. The zero-order valence-electron chi connectivity index (χ0n) is 41.4. The number of carboxylic acid groups (broad SMARTS) is 2. The second-order valence-electron chi connectivity index (χ2n) is 18.6. The van der Waals surface area contributed by atoms with Crippen molar-refractivity contribution < 1.29 is 78.1 Å². The van der Waals surface area contributed by atoms with E-state index < -0.39 is 108 Å². The predicted octanol–water partition coefficient (Wildman–Crippen LogP) is -0.0633. The average Bonchev–Trinajstić information content (AvgIpc) is 3.64. The van der Waals surface area contributed by atoms with Crippen LogP contribution in [0.3, 0.4) is 0 Å². The van der Waals surface area contributed by atoms with Crippen molar-refractivity contribution in [1.82, 2.24) is 36.9 Å². The molecule has 70 heavy (non-hydrogen) atoms. The Kier molecular flexibility index (Phi) is 21.2. The van der Waals surface area contributed by atoms with Gasteiger partial charge < -0.3 is 51.9 Å². The Bertz CT molecular complexity index is 2460. The van der Waals surface area contributed by atoms with Crippen LogP contribution in [0, 0.1) is 17.8 Å². The van der Waals surface area contributed by atoms with Crippen LogP contribution in [0.1, 0.15) is 108 Å². The molecule has 1 aromatic heterocycles. The summed E-state index contributed by atoms with van der Waals surface area (Å²) in [5, 5.41) is 39.1. The van der Waals surface area contributed by atoms with Crippen molar-refractivity contribution in [2.24, 2.45) is 17.8 Å². The first-order chi connectivity index (χ1) is 32.8. The molecule has 0 fully saturated rings. The van der Waals surface area contributed by atoms with Gasteiger partial charge >= 0.3 is 35.5 Å². The summed E-state index contributed by atoms with van der Waals surface area (Å²) in [4.78, 5) is 111. The first-order valence-electron chi connectivity index (χ1n) is 23.7. The molecule has 0 bridgehead atoms. The molecular weight excluding hydrogens is 906 g/mol. The number of benzene rings is 3. The minimum Gasteiger partial charge on any atom is -0.548 e. The maximum Gasteiger partial charge on any atom is 1.00 e. The van der Waals surface area contributed by atoms with Crippen molar-refractivity contribution in [3.8, 4) is 0 Å². The number of amides is 6. The molecule has 370 valence electrons. The number of carboxylic acids is 2. The number of H-pyrrole nitrogens is 1. The summed E-state index contributed by atoms with van der Waals surface area (Å²) in [6.45, 7) is 11.9. The normalized spacial score (nSPS) is 15.6. The zero-order valence-corrected chi connectivity index (χ0v) is 43.4. The number of carbonyl (C=O) groups is 8. The van der Waals surface area contributed by atoms with E-state index in [1.165, 1.54) is 6.92 Å². The largest absolute Gasteiger partial charge is 1.00 e. The van der Waals surface area contributed by atoms with Crippen LogP contribution in [0.5, 0.6) is 0 Å². The van der Waals surface area contributed by atoms with E-state index in [9.17, 15) is 48.6 Å². The predicted molar refractivity (Wildman–Crippen MR) is 257 cm³/mol. The minimum atomic E-state index is -1.73. The summed E-state index contributed by atoms with van der Waals surface area (Å²) < 4.78 is 0. The average molecular weight is 972 g/mol. The van der Waals surface area contributed by atoms with Gasteiger partial charge in [0.15, 0.2) is 0 Å². The van der Waals surface area contributed by atoms with Crippen LogP contribution in [0.25, 0.3) is 10.9 Å². The van der Waals surface area contributed by atoms with Gasteiger partial charge in [0.2, 0.25) is 35.4 Å². The van der Waals surface area contributed by atoms with Crippen molar-refractivity contribution >= 4 is 58.3 Å². The molecule has 8 N–H and O–H groups in total. The summed E-state index contributed by atoms with van der Waals surface area (Å²) in [6, 6.07) is 14.4. The van der Waals surface area contributed by atoms with Crippen molar-refractivity contribution in [2.45, 2.75) is 136 Å². The molecule has 1 heterocycles. The number of carbonyl (C=O) groups excluding carboxylic acids is 7. The molecule has 0 aliphatic heterocycles. The van der Waals surface area contributed by atoms with E-state index in [1.807, 2.05) is 80.6 Å². The number of aryl methyl sites for hydroxylation is 2. The first-order valence-corrected chi connectivity index (χ1v) is 23.7. The van der Waals surface area contributed by atoms with Gasteiger partial charge in [0.05, 0.1) is 18.4 Å². The summed E-state index contributed by atoms with van der Waals surface area (Å²) in [7, 11) is 0. The van der Waals surface area contributed by atoms with E-state index in [0.717, 1.165) is 33.2 Å². The molecule has 0 spiro atoms. The monoisotopic (exact) mass is 971 g/mol. The zero-order chi connectivity index (χ0) is 50.5. The Hall–Kier alpha value is -6.04. The van der Waals surface area contributed by atoms with Gasteiger partial charge in [-0.15, -0.1) is 0 Å². The van der Waals surface area contributed by atoms with E-state index in [-0.39, 0.29) is 48.3 Å². The third kappa shape index (κ3) is 14.7. The van der Waals surface area contributed by atoms with Crippen molar-refractivity contribution in [2.75, 3.05) is 0 Å². The molecule has 18 heteroatoms. The number of aliphatic carboxylic acids is 2. The molecule has 4 aromatic rings. The van der Waals surface area contributed by atoms with Gasteiger partial charge in [0.1, 0.15) is 30.2 Å². The van der Waals surface area contributed by atoms with Crippen LogP contribution >= 0.6 is 0 Å². The second-order valence-corrected chi connectivity index (χ2v) is 18.6. The van der Waals surface area contributed by atoms with Gasteiger partial charge in [-0.3, -0.25) is 33.6 Å². The van der Waals surface area contributed by atoms with Crippen LogP contribution in [0.15, 0.2) is 79.0 Å². The van der Waals surface area contributed by atoms with Crippen molar-refractivity contribution in [1.29, 1.82) is 0 Å². The van der Waals surface area contributed by atoms with E-state index >= 15 is 0 Å². The molecule has 1 aliphatic rings. The van der Waals surface area contributed by atoms with Crippen LogP contribution in [-0.2, 0) is 57.6 Å². The van der Waals surface area contributed by atoms with E-state index in [0.29, 0.717) is 31.2 Å². The molecule has 0 radical (unpaired) electrons. The van der Waals surface area contributed by atoms with Gasteiger partial charge in [0.25, 0.3) is 0 Å². The Labute approximate surface area is 431 Å². The Morgan fingerprint density at radius 1 is 0.643 bits per heavy atom. The third-order valence-corrected chi connectivity index (χ3v) is 13.1. The van der Waals surface area contributed by atoms with Crippen LogP contribution < -0.4 is 66.6 Å². The van der Waals surface area contributed by atoms with E-state index in [2.05, 4.69) is 36.9 Å². The topological polar surface area (TPSA) is 268 Å². The molecule has 5 rings (SSSR count). The molecular formula is C52H66N7NaO10. The first kappa shape index (κ1) is 56.5. The van der Waals surface area contributed by atoms with Crippen LogP contribution in [0.4, 0.5) is 0 Å². The Morgan fingerprint density at radius 2 is 1.13 bits per heavy atom. The maximum atomic E-state index is 14.6. The standard InChI is InChI=1S/C52H67N7O10.Na/c1-8-29(5)44(49(65)57-41(52(68)69)25-34-27-53-38-21-15-14-18-35(34)38)59-50(66)45(30(6)9-2)58-48(64)40(26-42(61)62)55-47(63)39(24-28(3)4)56-51(67)46(54-31(7)60)43-36-19-12-10-16-32(36)22-23-33-17-11-13-20-37(33)43;/h10-21,27-30,39-41,43-46,53H,8-9,22-26H2,1-7H3,(H,54,60)(H,55,63)(H,56,67)(H,57,65)(H,58,64)(H,59,66)(H,61,62)(H,68,69);/q;+1/p-1. The quantitative estimate of drug-likeness (QED) is 0.0459. The Morgan fingerprint density at radius 3 is 1.66 bits per heavy atom. The maximum absolute atomic E-state index is 14.6. The summed E-state index contributed by atoms with van der Waals surface area (Å²) >= 11 is 0. The van der Waals surface area contributed by atoms with Gasteiger partial charge in [-0.05, 0) is 70.9 Å². The number of hydrogen-bond acceptors (Lipinski definition) is 9. The number of aromatic amines is 1. The number of aromatic nitrogens is 1. The summed E-state index contributed by atoms with van der Waals surface area (Å²) in [5.74, 6) is -9.48. The number of para-hydroxylation sites is 1. The number of hydrogen-bond donors (Lipinski definition) is 8. The molecule has 8 unspecified atom stereocenters. The molecule has 6 amide bonds. The summed E-state index contributed by atoms with van der Waals surface area (Å²) in [6.07, 6.45) is 2.87. The second kappa shape index (κ2) is 26.2. The SMILES string of the molecule is CCC(C)C(NC(=O)C(CC(=O)O)NC(=O)C(CC(C)C)NC(=O)C(NC(C)=O)C1c2ccccc2CCc2ccccc21)C(=O)NC(C(=O)NC(Cc1c[nH]c2ccccc12)C(=O)[O-])C(C)CC.[Na+]. The number of nitrogens with one attached hydrogen (secondary N) is 7. The van der Waals surface area contributed by atoms with Gasteiger partial charge in [-0.2, -0.15) is 0 Å². The van der Waals surface area contributed by atoms with Crippen molar-refractivity contribution in [3.05, 3.63) is 107 Å². The summed E-state index contributed by atoms with van der Waals surface area (Å²) in [5.41, 5.74) is 5.11. The fraction of sp³-hybridized carbons (Fsp3) is 0.462. The molecule has 1 aliphatic carbocycles. The van der Waals surface area contributed by atoms with Crippen LogP contribution in [-0.4, -0.2) is 93.7 Å². The smallest absolute Gasteiger partial charge is 0.548 e. The van der Waals surface area contributed by atoms with Gasteiger partial charge in [-0.25, -0.2) is 0 Å². The Balaban J connectivity index is 0.0000107. The van der Waals surface area contributed by atoms with Gasteiger partial charge in [0, 0.05) is 36.4 Å². The fourth-order valence-corrected chi connectivity index (χ4v) is 8.94. The van der Waals surface area contributed by atoms with E-state index in [1.54, 1.807) is 40.0 Å². The number of rotatable bonds is 23. The minimum absolute atomic E-state index is 0. The van der Waals surface area contributed by atoms with Gasteiger partial charge in [-0.1, -0.05) is 121 Å². The third-order valence-electron chi connectivity index (χ3n) is 13.1. The fourth-order valence-electron chi connectivity index (χ4n) is 8.94.